The van der Waals surface area contributed by atoms with Crippen LogP contribution in [0.5, 0.6) is 5.75 Å². The van der Waals surface area contributed by atoms with E-state index >= 15 is 0 Å². The fourth-order valence-electron chi connectivity index (χ4n) is 2.50. The van der Waals surface area contributed by atoms with E-state index in [0.717, 1.165) is 0 Å². The molecule has 0 bridgehead atoms. The quantitative estimate of drug-likeness (QED) is 0.780. The summed E-state index contributed by atoms with van der Waals surface area (Å²) >= 11 is 5.86. The molecule has 128 valence electrons. The van der Waals surface area contributed by atoms with Crippen LogP contribution in [0.3, 0.4) is 0 Å². The van der Waals surface area contributed by atoms with Gasteiger partial charge in [0, 0.05) is 18.1 Å². The summed E-state index contributed by atoms with van der Waals surface area (Å²) in [4.78, 5) is 12.1. The molecule has 1 amide bonds. The highest BCUT2D eigenvalue weighted by Crippen LogP contribution is 2.19. The van der Waals surface area contributed by atoms with Gasteiger partial charge in [0.1, 0.15) is 12.4 Å². The summed E-state index contributed by atoms with van der Waals surface area (Å²) in [5, 5.41) is 3.38. The molecule has 1 saturated heterocycles. The van der Waals surface area contributed by atoms with E-state index in [0.29, 0.717) is 43.3 Å². The molecule has 1 aliphatic rings. The molecule has 1 aromatic carbocycles. The molecule has 0 aliphatic carbocycles. The first kappa shape index (κ1) is 18.0. The van der Waals surface area contributed by atoms with E-state index in [9.17, 15) is 13.2 Å². The Morgan fingerprint density at radius 3 is 2.96 bits per heavy atom. The standard InChI is InChI=1S/C15H21ClN2O4S/c1-23(20,21)18-8-3-4-12(11-18)15(19)17-7-9-22-14-6-2-5-13(16)10-14/h2,5-6,10,12H,3-4,7-9,11H2,1H3,(H,17,19)/t12-/m0/s1. The van der Waals surface area contributed by atoms with Crippen molar-refractivity contribution < 1.29 is 17.9 Å². The number of rotatable bonds is 6. The molecular weight excluding hydrogens is 340 g/mol. The first-order chi connectivity index (χ1) is 10.9. The number of hydrogen-bond acceptors (Lipinski definition) is 4. The van der Waals surface area contributed by atoms with E-state index in [4.69, 9.17) is 16.3 Å². The number of sulfonamides is 1. The third-order valence-electron chi connectivity index (χ3n) is 3.69. The van der Waals surface area contributed by atoms with Crippen molar-refractivity contribution in [2.24, 2.45) is 5.92 Å². The minimum absolute atomic E-state index is 0.131. The molecule has 0 spiro atoms. The first-order valence-corrected chi connectivity index (χ1v) is 9.70. The second-order valence-electron chi connectivity index (χ2n) is 5.56. The lowest BCUT2D eigenvalue weighted by Gasteiger charge is -2.30. The van der Waals surface area contributed by atoms with Crippen LogP contribution < -0.4 is 10.1 Å². The highest BCUT2D eigenvalue weighted by molar-refractivity contribution is 7.88. The lowest BCUT2D eigenvalue weighted by Crippen LogP contribution is -2.45. The number of nitrogens with zero attached hydrogens (tertiary/aromatic N) is 1. The highest BCUT2D eigenvalue weighted by atomic mass is 35.5. The summed E-state index contributed by atoms with van der Waals surface area (Å²) in [7, 11) is -3.24. The SMILES string of the molecule is CS(=O)(=O)N1CCC[C@H](C(=O)NCCOc2cccc(Cl)c2)C1. The zero-order valence-electron chi connectivity index (χ0n) is 13.0. The van der Waals surface area contributed by atoms with Crippen molar-refractivity contribution in [2.75, 3.05) is 32.5 Å². The molecule has 8 heteroatoms. The zero-order valence-corrected chi connectivity index (χ0v) is 14.6. The summed E-state index contributed by atoms with van der Waals surface area (Å²) in [6.07, 6.45) is 2.57. The number of hydrogen-bond donors (Lipinski definition) is 1. The number of ether oxygens (including phenoxy) is 1. The van der Waals surface area contributed by atoms with Crippen LogP contribution in [0.2, 0.25) is 5.02 Å². The van der Waals surface area contributed by atoms with E-state index < -0.39 is 10.0 Å². The van der Waals surface area contributed by atoms with Crippen molar-refractivity contribution in [3.8, 4) is 5.75 Å². The largest absolute Gasteiger partial charge is 0.492 e. The fraction of sp³-hybridized carbons (Fsp3) is 0.533. The second kappa shape index (κ2) is 7.99. The number of halogens is 1. The van der Waals surface area contributed by atoms with Gasteiger partial charge in [-0.1, -0.05) is 17.7 Å². The lowest BCUT2D eigenvalue weighted by molar-refractivity contribution is -0.126. The maximum absolute atomic E-state index is 12.1. The van der Waals surface area contributed by atoms with Gasteiger partial charge in [0.2, 0.25) is 15.9 Å². The number of carbonyl (C=O) groups excluding carboxylic acids is 1. The third kappa shape index (κ3) is 5.67. The Labute approximate surface area is 141 Å². The summed E-state index contributed by atoms with van der Waals surface area (Å²) in [6, 6.07) is 7.04. The second-order valence-corrected chi connectivity index (χ2v) is 7.98. The van der Waals surface area contributed by atoms with Crippen molar-refractivity contribution in [2.45, 2.75) is 12.8 Å². The number of amides is 1. The van der Waals surface area contributed by atoms with Gasteiger partial charge in [0.05, 0.1) is 18.7 Å². The molecular formula is C15H21ClN2O4S. The average molecular weight is 361 g/mol. The Hall–Kier alpha value is -1.31. The lowest BCUT2D eigenvalue weighted by atomic mass is 9.99. The molecule has 1 fully saturated rings. The predicted molar refractivity (Wildman–Crippen MR) is 89.1 cm³/mol. The molecule has 0 unspecified atom stereocenters. The Kier molecular flexibility index (Phi) is 6.26. The van der Waals surface area contributed by atoms with Crippen LogP contribution >= 0.6 is 11.6 Å². The molecule has 1 heterocycles. The van der Waals surface area contributed by atoms with Gasteiger partial charge in [-0.15, -0.1) is 0 Å². The van der Waals surface area contributed by atoms with Gasteiger partial charge in [-0.2, -0.15) is 0 Å². The van der Waals surface area contributed by atoms with Gasteiger partial charge in [-0.3, -0.25) is 4.79 Å². The first-order valence-electron chi connectivity index (χ1n) is 7.47. The zero-order chi connectivity index (χ0) is 16.9. The number of benzene rings is 1. The van der Waals surface area contributed by atoms with Crippen molar-refractivity contribution in [1.29, 1.82) is 0 Å². The molecule has 1 aliphatic heterocycles. The van der Waals surface area contributed by atoms with E-state index in [2.05, 4.69) is 5.32 Å². The summed E-state index contributed by atoms with van der Waals surface area (Å²) in [5.41, 5.74) is 0. The van der Waals surface area contributed by atoms with Crippen LogP contribution in [0.4, 0.5) is 0 Å². The molecule has 1 aromatic rings. The Balaban J connectivity index is 1.74. The van der Waals surface area contributed by atoms with Gasteiger partial charge in [0.25, 0.3) is 0 Å². The number of nitrogens with one attached hydrogen (secondary N) is 1. The summed E-state index contributed by atoms with van der Waals surface area (Å²) < 4.78 is 30.0. The number of carbonyl (C=O) groups is 1. The Morgan fingerprint density at radius 1 is 1.48 bits per heavy atom. The van der Waals surface area contributed by atoms with Gasteiger partial charge in [-0.25, -0.2) is 12.7 Å². The smallest absolute Gasteiger partial charge is 0.224 e. The fourth-order valence-corrected chi connectivity index (χ4v) is 3.59. The topological polar surface area (TPSA) is 75.7 Å². The molecule has 0 radical (unpaired) electrons. The third-order valence-corrected chi connectivity index (χ3v) is 5.19. The van der Waals surface area contributed by atoms with Crippen molar-refractivity contribution in [1.82, 2.24) is 9.62 Å². The van der Waals surface area contributed by atoms with Gasteiger partial charge < -0.3 is 10.1 Å². The van der Waals surface area contributed by atoms with Crippen molar-refractivity contribution in [3.63, 3.8) is 0 Å². The van der Waals surface area contributed by atoms with Gasteiger partial charge >= 0.3 is 0 Å². The maximum atomic E-state index is 12.1. The predicted octanol–water partition coefficient (Wildman–Crippen LogP) is 1.51. The van der Waals surface area contributed by atoms with Crippen LogP contribution in [0.25, 0.3) is 0 Å². The monoisotopic (exact) mass is 360 g/mol. The minimum atomic E-state index is -3.24. The molecule has 2 rings (SSSR count). The van der Waals surface area contributed by atoms with Crippen LogP contribution in [-0.4, -0.2) is 51.1 Å². The Morgan fingerprint density at radius 2 is 2.26 bits per heavy atom. The minimum Gasteiger partial charge on any atom is -0.492 e. The van der Waals surface area contributed by atoms with Crippen LogP contribution in [-0.2, 0) is 14.8 Å². The van der Waals surface area contributed by atoms with E-state index in [-0.39, 0.29) is 18.4 Å². The van der Waals surface area contributed by atoms with Crippen LogP contribution in [0.1, 0.15) is 12.8 Å². The normalized spacial score (nSPS) is 19.3. The highest BCUT2D eigenvalue weighted by Gasteiger charge is 2.29. The molecule has 6 nitrogen and oxygen atoms in total. The number of piperidine rings is 1. The molecule has 23 heavy (non-hydrogen) atoms. The maximum Gasteiger partial charge on any atom is 0.224 e. The van der Waals surface area contributed by atoms with Crippen molar-refractivity contribution in [3.05, 3.63) is 29.3 Å². The molecule has 0 aromatic heterocycles. The van der Waals surface area contributed by atoms with E-state index in [1.165, 1.54) is 10.6 Å². The van der Waals surface area contributed by atoms with Crippen LogP contribution in [0.15, 0.2) is 24.3 Å². The van der Waals surface area contributed by atoms with Gasteiger partial charge in [0.15, 0.2) is 0 Å². The summed E-state index contributed by atoms with van der Waals surface area (Å²) in [6.45, 7) is 1.43. The molecule has 1 N–H and O–H groups in total. The van der Waals surface area contributed by atoms with E-state index in [1.807, 2.05) is 0 Å². The average Bonchev–Trinajstić information content (AvgIpc) is 2.51. The van der Waals surface area contributed by atoms with Crippen molar-refractivity contribution >= 4 is 27.5 Å². The van der Waals surface area contributed by atoms with Crippen LogP contribution in [0, 0.1) is 5.92 Å². The summed E-state index contributed by atoms with van der Waals surface area (Å²) in [5.74, 6) is 0.213. The molecule has 1 atom stereocenters. The Bertz CT molecular complexity index is 651. The molecule has 0 saturated carbocycles. The van der Waals surface area contributed by atoms with E-state index in [1.54, 1.807) is 24.3 Å². The van der Waals surface area contributed by atoms with Gasteiger partial charge in [-0.05, 0) is 31.0 Å².